The number of ether oxygens (including phenoxy) is 1. The fraction of sp³-hybridized carbons (Fsp3) is 0.114. The van der Waals surface area contributed by atoms with Crippen molar-refractivity contribution >= 4 is 27.4 Å². The lowest BCUT2D eigenvalue weighted by atomic mass is 9.91. The van der Waals surface area contributed by atoms with E-state index in [9.17, 15) is 13.2 Å². The first kappa shape index (κ1) is 26.4. The van der Waals surface area contributed by atoms with Gasteiger partial charge in [0.1, 0.15) is 5.75 Å². The molecule has 6 aromatic rings. The van der Waals surface area contributed by atoms with Crippen LogP contribution in [0.25, 0.3) is 32.8 Å². The van der Waals surface area contributed by atoms with E-state index in [0.29, 0.717) is 18.4 Å². The van der Waals surface area contributed by atoms with Gasteiger partial charge in [-0.2, -0.15) is 13.2 Å². The van der Waals surface area contributed by atoms with Crippen molar-refractivity contribution in [2.24, 2.45) is 0 Å². The Morgan fingerprint density at radius 3 is 2.34 bits per heavy atom. The van der Waals surface area contributed by atoms with Gasteiger partial charge in [0.2, 0.25) is 0 Å². The summed E-state index contributed by atoms with van der Waals surface area (Å²) >= 11 is 0. The Kier molecular flexibility index (Phi) is 7.06. The van der Waals surface area contributed by atoms with Crippen LogP contribution in [0.1, 0.15) is 22.3 Å². The summed E-state index contributed by atoms with van der Waals surface area (Å²) in [6, 6.07) is 34.3. The average Bonchev–Trinajstić information content (AvgIpc) is 2.99. The molecule has 0 radical (unpaired) electrons. The molecule has 0 spiro atoms. The second kappa shape index (κ2) is 11.0. The van der Waals surface area contributed by atoms with E-state index in [0.717, 1.165) is 56.1 Å². The van der Waals surface area contributed by atoms with Crippen molar-refractivity contribution in [2.45, 2.75) is 19.1 Å². The van der Waals surface area contributed by atoms with E-state index in [1.165, 1.54) is 6.07 Å². The molecule has 0 saturated heterocycles. The Morgan fingerprint density at radius 2 is 1.54 bits per heavy atom. The van der Waals surface area contributed by atoms with Gasteiger partial charge >= 0.3 is 6.18 Å². The van der Waals surface area contributed by atoms with Crippen LogP contribution in [-0.4, -0.2) is 12.1 Å². The van der Waals surface area contributed by atoms with Crippen molar-refractivity contribution in [3.8, 4) is 16.9 Å². The highest BCUT2D eigenvalue weighted by Crippen LogP contribution is 2.39. The molecule has 204 valence electrons. The Labute approximate surface area is 236 Å². The number of rotatable bonds is 7. The van der Waals surface area contributed by atoms with Gasteiger partial charge in [0.05, 0.1) is 18.2 Å². The van der Waals surface area contributed by atoms with E-state index in [1.807, 2.05) is 72.8 Å². The topological polar surface area (TPSA) is 34.1 Å². The third-order valence-corrected chi connectivity index (χ3v) is 7.28. The average molecular weight is 549 g/mol. The number of para-hydroxylation sites is 1. The molecule has 0 fully saturated rings. The zero-order chi connectivity index (χ0) is 28.4. The van der Waals surface area contributed by atoms with E-state index >= 15 is 0 Å². The van der Waals surface area contributed by atoms with Crippen molar-refractivity contribution in [3.63, 3.8) is 0 Å². The zero-order valence-corrected chi connectivity index (χ0v) is 22.4. The number of halogens is 3. The Balaban J connectivity index is 1.37. The predicted molar refractivity (Wildman–Crippen MR) is 159 cm³/mol. The molecule has 6 heteroatoms. The summed E-state index contributed by atoms with van der Waals surface area (Å²) in [5.41, 5.74) is 4.73. The molecule has 0 amide bonds. The van der Waals surface area contributed by atoms with Crippen LogP contribution in [0.4, 0.5) is 18.9 Å². The van der Waals surface area contributed by atoms with Crippen LogP contribution in [-0.2, 0) is 19.1 Å². The van der Waals surface area contributed by atoms with E-state index in [1.54, 1.807) is 19.4 Å². The molecule has 0 saturated carbocycles. The minimum absolute atomic E-state index is 0.0435. The molecular weight excluding hydrogens is 521 g/mol. The molecule has 5 aromatic carbocycles. The van der Waals surface area contributed by atoms with E-state index in [2.05, 4.69) is 28.5 Å². The summed E-state index contributed by atoms with van der Waals surface area (Å²) < 4.78 is 47.0. The summed E-state index contributed by atoms with van der Waals surface area (Å²) in [6.45, 7) is 0.595. The summed E-state index contributed by atoms with van der Waals surface area (Å²) in [4.78, 5) is 4.32. The van der Waals surface area contributed by atoms with Gasteiger partial charge in [-0.3, -0.25) is 4.98 Å². The first-order valence-electron chi connectivity index (χ1n) is 13.3. The van der Waals surface area contributed by atoms with Crippen molar-refractivity contribution in [3.05, 3.63) is 138 Å². The van der Waals surface area contributed by atoms with Gasteiger partial charge in [-0.15, -0.1) is 0 Å². The van der Waals surface area contributed by atoms with Gasteiger partial charge < -0.3 is 10.1 Å². The number of anilines is 1. The molecule has 0 bridgehead atoms. The highest BCUT2D eigenvalue weighted by molar-refractivity contribution is 5.98. The van der Waals surface area contributed by atoms with Gasteiger partial charge in [-0.1, -0.05) is 72.8 Å². The zero-order valence-electron chi connectivity index (χ0n) is 22.4. The third-order valence-electron chi connectivity index (χ3n) is 7.28. The Morgan fingerprint density at radius 1 is 0.756 bits per heavy atom. The fourth-order valence-electron chi connectivity index (χ4n) is 5.28. The fourth-order valence-corrected chi connectivity index (χ4v) is 5.28. The maximum absolute atomic E-state index is 13.9. The van der Waals surface area contributed by atoms with Crippen LogP contribution in [0.5, 0.6) is 5.75 Å². The highest BCUT2D eigenvalue weighted by Gasteiger charge is 2.33. The lowest BCUT2D eigenvalue weighted by Gasteiger charge is -2.17. The molecule has 6 rings (SSSR count). The number of aromatic nitrogens is 1. The van der Waals surface area contributed by atoms with E-state index in [-0.39, 0.29) is 5.52 Å². The van der Waals surface area contributed by atoms with Crippen molar-refractivity contribution in [1.29, 1.82) is 0 Å². The normalized spacial score (nSPS) is 11.6. The second-order valence-corrected chi connectivity index (χ2v) is 10.0. The molecule has 1 aromatic heterocycles. The molecule has 3 nitrogen and oxygen atoms in total. The second-order valence-electron chi connectivity index (χ2n) is 10.0. The van der Waals surface area contributed by atoms with Gasteiger partial charge in [0.25, 0.3) is 0 Å². The minimum atomic E-state index is -4.50. The first-order valence-corrected chi connectivity index (χ1v) is 13.3. The molecule has 1 N–H and O–H groups in total. The Hall–Kier alpha value is -4.84. The molecule has 0 aliphatic carbocycles. The van der Waals surface area contributed by atoms with Gasteiger partial charge in [0.15, 0.2) is 0 Å². The maximum Gasteiger partial charge on any atom is 0.418 e. The monoisotopic (exact) mass is 548 g/mol. The van der Waals surface area contributed by atoms with Crippen molar-refractivity contribution < 1.29 is 17.9 Å². The summed E-state index contributed by atoms with van der Waals surface area (Å²) in [5, 5.41) is 6.19. The van der Waals surface area contributed by atoms with Gasteiger partial charge in [-0.25, -0.2) is 0 Å². The number of nitrogens with zero attached hydrogens (tertiary/aromatic N) is 1. The number of nitrogens with one attached hydrogen (secondary N) is 1. The van der Waals surface area contributed by atoms with Crippen LogP contribution >= 0.6 is 0 Å². The summed E-state index contributed by atoms with van der Waals surface area (Å²) in [5.74, 6) is 0.817. The highest BCUT2D eigenvalue weighted by atomic mass is 19.4. The molecule has 1 heterocycles. The van der Waals surface area contributed by atoms with Crippen molar-refractivity contribution in [2.75, 3.05) is 12.4 Å². The molecular formula is C35H27F3N2O. The number of pyridine rings is 1. The molecule has 41 heavy (non-hydrogen) atoms. The largest absolute Gasteiger partial charge is 0.497 e. The maximum atomic E-state index is 13.9. The van der Waals surface area contributed by atoms with E-state index in [4.69, 9.17) is 4.74 Å². The molecule has 0 atom stereocenters. The number of hydrogen-bond acceptors (Lipinski definition) is 3. The summed E-state index contributed by atoms with van der Waals surface area (Å²) in [7, 11) is 1.65. The molecule has 0 aliphatic rings. The predicted octanol–water partition coefficient (Wildman–Crippen LogP) is 9.29. The van der Waals surface area contributed by atoms with Gasteiger partial charge in [0, 0.05) is 23.8 Å². The number of alkyl halides is 3. The SMILES string of the molecule is COc1ccc2cc(CNc3cccc(-c4c(Cc5ccccc5)cnc5c(C(F)(F)F)cccc45)c3)ccc2c1. The lowest BCUT2D eigenvalue weighted by Crippen LogP contribution is -2.07. The van der Waals surface area contributed by atoms with E-state index < -0.39 is 11.7 Å². The first-order chi connectivity index (χ1) is 19.9. The van der Waals surface area contributed by atoms with Crippen molar-refractivity contribution in [1.82, 2.24) is 4.98 Å². The number of methoxy groups -OCH3 is 1. The smallest absolute Gasteiger partial charge is 0.418 e. The van der Waals surface area contributed by atoms with Crippen LogP contribution < -0.4 is 10.1 Å². The number of benzene rings is 5. The van der Waals surface area contributed by atoms with Crippen LogP contribution in [0, 0.1) is 0 Å². The standard InChI is InChI=1S/C35H27F3N2O/c1-41-30-16-15-25-18-24(13-14-26(25)20-30)21-39-29-10-5-9-27(19-29)33-28(17-23-7-3-2-4-8-23)22-40-34-31(33)11-6-12-32(34)35(36,37)38/h2-16,18-20,22,39H,17,21H2,1H3. The number of hydrogen-bond donors (Lipinski definition) is 1. The minimum Gasteiger partial charge on any atom is -0.497 e. The molecule has 0 aliphatic heterocycles. The summed E-state index contributed by atoms with van der Waals surface area (Å²) in [6.07, 6.45) is -2.36. The molecule has 0 unspecified atom stereocenters. The van der Waals surface area contributed by atoms with Crippen LogP contribution in [0.3, 0.4) is 0 Å². The number of fused-ring (bicyclic) bond motifs is 2. The van der Waals surface area contributed by atoms with Crippen LogP contribution in [0.15, 0.2) is 115 Å². The lowest BCUT2D eigenvalue weighted by molar-refractivity contribution is -0.136. The van der Waals surface area contributed by atoms with Gasteiger partial charge in [-0.05, 0) is 81.4 Å². The quantitative estimate of drug-likeness (QED) is 0.216. The third kappa shape index (κ3) is 5.59. The van der Waals surface area contributed by atoms with Crippen LogP contribution in [0.2, 0.25) is 0 Å². The Bertz CT molecular complexity index is 1850.